The van der Waals surface area contributed by atoms with E-state index in [1.807, 2.05) is 34.6 Å². The van der Waals surface area contributed by atoms with Crippen LogP contribution in [0.4, 0.5) is 0 Å². The summed E-state index contributed by atoms with van der Waals surface area (Å²) in [4.78, 5) is 4.65. The number of guanidine groups is 1. The number of aryl methyl sites for hydroxylation is 2. The number of hydrogen-bond donors (Lipinski definition) is 2. The highest BCUT2D eigenvalue weighted by atomic mass is 32.2. The van der Waals surface area contributed by atoms with Crippen LogP contribution in [0.2, 0.25) is 0 Å². The molecule has 1 aromatic heterocycles. The SMILES string of the molecule is CCNC(=NCCCc1cn(-c2ccccc2)nc1C)NCCSC. The van der Waals surface area contributed by atoms with E-state index in [1.165, 1.54) is 5.56 Å². The van der Waals surface area contributed by atoms with Gasteiger partial charge in [0.25, 0.3) is 0 Å². The lowest BCUT2D eigenvalue weighted by Gasteiger charge is -2.10. The van der Waals surface area contributed by atoms with Gasteiger partial charge in [0, 0.05) is 31.6 Å². The Kier molecular flexibility index (Phi) is 8.39. The van der Waals surface area contributed by atoms with Gasteiger partial charge in [-0.25, -0.2) is 4.68 Å². The first kappa shape index (κ1) is 19.4. The standard InChI is InChI=1S/C19H29N5S/c1-4-20-19(22-13-14-25-3)21-12-8-9-17-15-24(23-16(17)2)18-10-6-5-7-11-18/h5-7,10-11,15H,4,8-9,12-14H2,1-3H3,(H2,20,21,22). The van der Waals surface area contributed by atoms with E-state index in [9.17, 15) is 0 Å². The first-order valence-corrected chi connectivity index (χ1v) is 10.3. The zero-order valence-corrected chi connectivity index (χ0v) is 16.3. The van der Waals surface area contributed by atoms with Crippen LogP contribution < -0.4 is 10.6 Å². The minimum Gasteiger partial charge on any atom is -0.357 e. The summed E-state index contributed by atoms with van der Waals surface area (Å²) in [6, 6.07) is 10.2. The van der Waals surface area contributed by atoms with Crippen LogP contribution in [-0.4, -0.2) is 47.4 Å². The van der Waals surface area contributed by atoms with Crippen LogP contribution in [0.3, 0.4) is 0 Å². The summed E-state index contributed by atoms with van der Waals surface area (Å²) in [5.41, 5.74) is 3.49. The lowest BCUT2D eigenvalue weighted by Crippen LogP contribution is -2.38. The molecule has 0 saturated carbocycles. The number of nitrogens with zero attached hydrogens (tertiary/aromatic N) is 3. The largest absolute Gasteiger partial charge is 0.357 e. The Morgan fingerprint density at radius 3 is 2.76 bits per heavy atom. The van der Waals surface area contributed by atoms with E-state index >= 15 is 0 Å². The lowest BCUT2D eigenvalue weighted by molar-refractivity contribution is 0.794. The Labute approximate surface area is 155 Å². The molecule has 0 saturated heterocycles. The first-order valence-electron chi connectivity index (χ1n) is 8.86. The molecule has 1 aromatic carbocycles. The molecule has 0 atom stereocenters. The highest BCUT2D eigenvalue weighted by Crippen LogP contribution is 2.13. The fourth-order valence-corrected chi connectivity index (χ4v) is 2.83. The van der Waals surface area contributed by atoms with Crippen LogP contribution in [-0.2, 0) is 6.42 Å². The van der Waals surface area contributed by atoms with Crippen molar-refractivity contribution in [1.82, 2.24) is 20.4 Å². The minimum absolute atomic E-state index is 0.810. The number of para-hydroxylation sites is 1. The van der Waals surface area contributed by atoms with Crippen LogP contribution in [0.5, 0.6) is 0 Å². The Hall–Kier alpha value is -1.95. The third-order valence-corrected chi connectivity index (χ3v) is 4.45. The number of benzene rings is 1. The number of rotatable bonds is 9. The molecule has 2 rings (SSSR count). The third-order valence-electron chi connectivity index (χ3n) is 3.84. The molecule has 0 aliphatic heterocycles. The van der Waals surface area contributed by atoms with Gasteiger partial charge in [0.15, 0.2) is 5.96 Å². The Balaban J connectivity index is 1.86. The van der Waals surface area contributed by atoms with Crippen molar-refractivity contribution in [3.8, 4) is 5.69 Å². The fourth-order valence-electron chi connectivity index (χ4n) is 2.53. The van der Waals surface area contributed by atoms with Crippen molar-refractivity contribution >= 4 is 17.7 Å². The molecule has 0 aliphatic carbocycles. The summed E-state index contributed by atoms with van der Waals surface area (Å²) in [6.45, 7) is 6.80. The van der Waals surface area contributed by atoms with Crippen molar-refractivity contribution in [2.75, 3.05) is 31.6 Å². The van der Waals surface area contributed by atoms with E-state index in [2.05, 4.69) is 59.2 Å². The molecule has 2 aromatic rings. The van der Waals surface area contributed by atoms with E-state index in [0.717, 1.165) is 55.6 Å². The van der Waals surface area contributed by atoms with E-state index < -0.39 is 0 Å². The van der Waals surface area contributed by atoms with Crippen molar-refractivity contribution in [3.05, 3.63) is 47.8 Å². The monoisotopic (exact) mass is 359 g/mol. The highest BCUT2D eigenvalue weighted by molar-refractivity contribution is 7.98. The van der Waals surface area contributed by atoms with Gasteiger partial charge in [-0.05, 0) is 50.6 Å². The van der Waals surface area contributed by atoms with Crippen LogP contribution in [0.1, 0.15) is 24.6 Å². The van der Waals surface area contributed by atoms with Gasteiger partial charge >= 0.3 is 0 Å². The molecule has 5 nitrogen and oxygen atoms in total. The molecule has 136 valence electrons. The van der Waals surface area contributed by atoms with Crippen molar-refractivity contribution in [2.45, 2.75) is 26.7 Å². The zero-order valence-electron chi connectivity index (χ0n) is 15.5. The Morgan fingerprint density at radius 2 is 2.04 bits per heavy atom. The molecular weight excluding hydrogens is 330 g/mol. The van der Waals surface area contributed by atoms with Gasteiger partial charge in [-0.15, -0.1) is 0 Å². The molecule has 0 amide bonds. The van der Waals surface area contributed by atoms with Crippen LogP contribution in [0.25, 0.3) is 5.69 Å². The van der Waals surface area contributed by atoms with Gasteiger partial charge in [0.1, 0.15) is 0 Å². The third kappa shape index (κ3) is 6.46. The second kappa shape index (κ2) is 10.8. The molecule has 0 aliphatic rings. The van der Waals surface area contributed by atoms with Crippen molar-refractivity contribution in [2.24, 2.45) is 4.99 Å². The lowest BCUT2D eigenvalue weighted by atomic mass is 10.1. The van der Waals surface area contributed by atoms with Gasteiger partial charge in [-0.3, -0.25) is 4.99 Å². The zero-order chi connectivity index (χ0) is 17.9. The molecule has 0 bridgehead atoms. The summed E-state index contributed by atoms with van der Waals surface area (Å²) in [5.74, 6) is 2.00. The van der Waals surface area contributed by atoms with Gasteiger partial charge in [0.05, 0.1) is 11.4 Å². The summed E-state index contributed by atoms with van der Waals surface area (Å²) in [6.07, 6.45) is 6.26. The molecule has 0 unspecified atom stereocenters. The molecule has 6 heteroatoms. The van der Waals surface area contributed by atoms with E-state index in [4.69, 9.17) is 0 Å². The first-order chi connectivity index (χ1) is 12.2. The van der Waals surface area contributed by atoms with E-state index in [0.29, 0.717) is 0 Å². The summed E-state index contributed by atoms with van der Waals surface area (Å²) >= 11 is 1.83. The molecule has 1 heterocycles. The summed E-state index contributed by atoms with van der Waals surface area (Å²) in [5, 5.41) is 11.3. The second-order valence-corrected chi connectivity index (χ2v) is 6.79. The van der Waals surface area contributed by atoms with Crippen molar-refractivity contribution in [1.29, 1.82) is 0 Å². The van der Waals surface area contributed by atoms with Crippen LogP contribution >= 0.6 is 11.8 Å². The maximum atomic E-state index is 4.65. The molecular formula is C19H29N5S. The maximum absolute atomic E-state index is 4.65. The molecule has 25 heavy (non-hydrogen) atoms. The predicted octanol–water partition coefficient (Wildman–Crippen LogP) is 3.03. The van der Waals surface area contributed by atoms with Gasteiger partial charge in [-0.2, -0.15) is 16.9 Å². The maximum Gasteiger partial charge on any atom is 0.191 e. The highest BCUT2D eigenvalue weighted by Gasteiger charge is 2.06. The van der Waals surface area contributed by atoms with Crippen molar-refractivity contribution < 1.29 is 0 Å². The number of thioether (sulfide) groups is 1. The Bertz CT molecular complexity index is 651. The molecule has 0 fully saturated rings. The normalized spacial score (nSPS) is 11.6. The smallest absolute Gasteiger partial charge is 0.191 e. The van der Waals surface area contributed by atoms with Crippen LogP contribution in [0, 0.1) is 6.92 Å². The second-order valence-electron chi connectivity index (χ2n) is 5.80. The minimum atomic E-state index is 0.810. The van der Waals surface area contributed by atoms with Gasteiger partial charge < -0.3 is 10.6 Å². The number of hydrogen-bond acceptors (Lipinski definition) is 3. The molecule has 0 spiro atoms. The van der Waals surface area contributed by atoms with Gasteiger partial charge in [-0.1, -0.05) is 18.2 Å². The van der Waals surface area contributed by atoms with Crippen LogP contribution in [0.15, 0.2) is 41.5 Å². The molecule has 0 radical (unpaired) electrons. The Morgan fingerprint density at radius 1 is 1.24 bits per heavy atom. The quantitative estimate of drug-likeness (QED) is 0.410. The van der Waals surface area contributed by atoms with E-state index in [-0.39, 0.29) is 0 Å². The number of aliphatic imine (C=N–C) groups is 1. The topological polar surface area (TPSA) is 54.2 Å². The van der Waals surface area contributed by atoms with E-state index in [1.54, 1.807) is 0 Å². The summed E-state index contributed by atoms with van der Waals surface area (Å²) < 4.78 is 1.96. The average molecular weight is 360 g/mol. The van der Waals surface area contributed by atoms with Crippen molar-refractivity contribution in [3.63, 3.8) is 0 Å². The number of aromatic nitrogens is 2. The fraction of sp³-hybridized carbons (Fsp3) is 0.474. The molecule has 2 N–H and O–H groups in total. The summed E-state index contributed by atoms with van der Waals surface area (Å²) in [7, 11) is 0. The van der Waals surface area contributed by atoms with Gasteiger partial charge in [0.2, 0.25) is 0 Å². The number of nitrogens with one attached hydrogen (secondary N) is 2. The average Bonchev–Trinajstić information content (AvgIpc) is 3.00. The predicted molar refractivity (Wildman–Crippen MR) is 109 cm³/mol.